The molecule has 1 fully saturated rings. The quantitative estimate of drug-likeness (QED) is 0.448. The molecule has 2 N–H and O–H groups in total. The fourth-order valence-corrected chi connectivity index (χ4v) is 5.66. The Hall–Kier alpha value is -0.0100. The molecule has 0 saturated carbocycles. The fraction of sp³-hybridized carbons (Fsp3) is 1.00. The van der Waals surface area contributed by atoms with Crippen molar-refractivity contribution < 1.29 is 14.4 Å². The van der Waals surface area contributed by atoms with E-state index in [0.29, 0.717) is 12.5 Å². The van der Waals surface area contributed by atoms with Gasteiger partial charge in [-0.2, -0.15) is 0 Å². The SMILES string of the molecule is CCCC(CC)N(CCCCCCN1CCC(O)CC1CO)S(=O)C(C)(C)C. The Labute approximate surface area is 176 Å². The van der Waals surface area contributed by atoms with E-state index in [-0.39, 0.29) is 23.5 Å². The van der Waals surface area contributed by atoms with Gasteiger partial charge in [0.2, 0.25) is 0 Å². The first-order valence-corrected chi connectivity index (χ1v) is 12.6. The van der Waals surface area contributed by atoms with Gasteiger partial charge in [0.1, 0.15) is 0 Å². The van der Waals surface area contributed by atoms with Crippen molar-refractivity contribution in [2.45, 2.75) is 115 Å². The molecule has 1 heterocycles. The molecule has 0 spiro atoms. The predicted octanol–water partition coefficient (Wildman–Crippen LogP) is 3.71. The normalized spacial score (nSPS) is 23.9. The highest BCUT2D eigenvalue weighted by molar-refractivity contribution is 7.84. The van der Waals surface area contributed by atoms with E-state index in [2.05, 4.69) is 43.8 Å². The van der Waals surface area contributed by atoms with Crippen LogP contribution >= 0.6 is 0 Å². The molecular weight excluding hydrogens is 372 g/mol. The topological polar surface area (TPSA) is 64.0 Å². The average Bonchev–Trinajstić information content (AvgIpc) is 2.65. The molecule has 0 bridgehead atoms. The van der Waals surface area contributed by atoms with Crippen LogP contribution in [0.3, 0.4) is 0 Å². The van der Waals surface area contributed by atoms with Gasteiger partial charge in [0.05, 0.1) is 28.4 Å². The first-order chi connectivity index (χ1) is 13.2. The van der Waals surface area contributed by atoms with Crippen molar-refractivity contribution in [1.82, 2.24) is 9.21 Å². The van der Waals surface area contributed by atoms with Gasteiger partial charge in [-0.1, -0.05) is 33.1 Å². The van der Waals surface area contributed by atoms with E-state index >= 15 is 0 Å². The lowest BCUT2D eigenvalue weighted by Gasteiger charge is -2.37. The minimum atomic E-state index is -0.953. The van der Waals surface area contributed by atoms with Crippen molar-refractivity contribution in [3.8, 4) is 0 Å². The van der Waals surface area contributed by atoms with Crippen LogP contribution in [0.1, 0.15) is 92.4 Å². The summed E-state index contributed by atoms with van der Waals surface area (Å²) in [5.74, 6) is 0. The second-order valence-electron chi connectivity index (χ2n) is 9.32. The molecule has 0 amide bonds. The van der Waals surface area contributed by atoms with Gasteiger partial charge in [0, 0.05) is 25.2 Å². The molecule has 28 heavy (non-hydrogen) atoms. The van der Waals surface area contributed by atoms with Crippen LogP contribution in [0.2, 0.25) is 0 Å². The Bertz CT molecular complexity index is 442. The van der Waals surface area contributed by atoms with Gasteiger partial charge in [-0.05, 0) is 65.8 Å². The van der Waals surface area contributed by atoms with Crippen LogP contribution in [0, 0.1) is 0 Å². The Morgan fingerprint density at radius 3 is 2.43 bits per heavy atom. The van der Waals surface area contributed by atoms with Gasteiger partial charge in [0.15, 0.2) is 0 Å². The summed E-state index contributed by atoms with van der Waals surface area (Å²) in [6, 6.07) is 0.531. The predicted molar refractivity (Wildman–Crippen MR) is 120 cm³/mol. The summed E-state index contributed by atoms with van der Waals surface area (Å²) in [7, 11) is -0.953. The Morgan fingerprint density at radius 2 is 1.86 bits per heavy atom. The highest BCUT2D eigenvalue weighted by Gasteiger charge is 2.30. The molecule has 6 heteroatoms. The lowest BCUT2D eigenvalue weighted by Crippen LogP contribution is -2.46. The molecule has 1 saturated heterocycles. The zero-order valence-corrected chi connectivity index (χ0v) is 19.8. The van der Waals surface area contributed by atoms with Crippen LogP contribution in [-0.2, 0) is 11.0 Å². The third-order valence-corrected chi connectivity index (χ3v) is 7.79. The zero-order valence-electron chi connectivity index (χ0n) is 19.0. The van der Waals surface area contributed by atoms with Gasteiger partial charge in [-0.25, -0.2) is 8.51 Å². The van der Waals surface area contributed by atoms with Gasteiger partial charge < -0.3 is 10.2 Å². The van der Waals surface area contributed by atoms with E-state index < -0.39 is 11.0 Å². The van der Waals surface area contributed by atoms with E-state index in [1.807, 2.05) is 0 Å². The number of rotatable bonds is 13. The highest BCUT2D eigenvalue weighted by Crippen LogP contribution is 2.23. The van der Waals surface area contributed by atoms with Crippen LogP contribution in [0.25, 0.3) is 0 Å². The monoisotopic (exact) mass is 418 g/mol. The van der Waals surface area contributed by atoms with Crippen LogP contribution in [-0.4, -0.2) is 72.8 Å². The van der Waals surface area contributed by atoms with Crippen molar-refractivity contribution in [1.29, 1.82) is 0 Å². The molecule has 4 atom stereocenters. The summed E-state index contributed by atoms with van der Waals surface area (Å²) in [5, 5.41) is 19.3. The minimum absolute atomic E-state index is 0.118. The molecule has 1 aliphatic heterocycles. The summed E-state index contributed by atoms with van der Waals surface area (Å²) < 4.78 is 15.1. The molecule has 0 radical (unpaired) electrons. The molecule has 5 nitrogen and oxygen atoms in total. The van der Waals surface area contributed by atoms with E-state index in [9.17, 15) is 14.4 Å². The second kappa shape index (κ2) is 13.3. The summed E-state index contributed by atoms with van der Waals surface area (Å²) >= 11 is 0. The number of piperidine rings is 1. The van der Waals surface area contributed by atoms with Crippen LogP contribution in [0.15, 0.2) is 0 Å². The molecule has 0 aromatic carbocycles. The minimum Gasteiger partial charge on any atom is -0.395 e. The summed E-state index contributed by atoms with van der Waals surface area (Å²) in [6.45, 7) is 13.6. The van der Waals surface area contributed by atoms with E-state index in [0.717, 1.165) is 71.0 Å². The number of aliphatic hydroxyl groups excluding tert-OH is 2. The molecular formula is C22H46N2O3S. The number of hydrogen-bond acceptors (Lipinski definition) is 4. The van der Waals surface area contributed by atoms with Gasteiger partial charge >= 0.3 is 0 Å². The first-order valence-electron chi connectivity index (χ1n) is 11.5. The summed E-state index contributed by atoms with van der Waals surface area (Å²) in [5.41, 5.74) is 0. The summed E-state index contributed by atoms with van der Waals surface area (Å²) in [6.07, 6.45) is 9.09. The van der Waals surface area contributed by atoms with E-state index in [1.54, 1.807) is 0 Å². The molecule has 0 aliphatic carbocycles. The standard InChI is InChI=1S/C22H46N2O3S/c1-6-12-19(7-2)24(28(27)22(3,4)5)15-11-9-8-10-14-23-16-13-21(26)17-20(23)18-25/h19-21,25-26H,6-18H2,1-5H3. The summed E-state index contributed by atoms with van der Waals surface area (Å²) in [4.78, 5) is 2.34. The van der Waals surface area contributed by atoms with Crippen molar-refractivity contribution in [3.63, 3.8) is 0 Å². The fourth-order valence-electron chi connectivity index (χ4n) is 4.14. The number of nitrogens with zero attached hydrogens (tertiary/aromatic N) is 2. The van der Waals surface area contributed by atoms with Gasteiger partial charge in [0.25, 0.3) is 0 Å². The molecule has 1 rings (SSSR count). The maximum absolute atomic E-state index is 13.0. The smallest absolute Gasteiger partial charge is 0.0999 e. The van der Waals surface area contributed by atoms with Crippen LogP contribution in [0.5, 0.6) is 0 Å². The Balaban J connectivity index is 2.40. The number of unbranched alkanes of at least 4 members (excludes halogenated alkanes) is 3. The van der Waals surface area contributed by atoms with Crippen molar-refractivity contribution >= 4 is 11.0 Å². The van der Waals surface area contributed by atoms with Gasteiger partial charge in [-0.3, -0.25) is 4.90 Å². The number of likely N-dealkylation sites (tertiary alicyclic amines) is 1. The van der Waals surface area contributed by atoms with Crippen LogP contribution in [0.4, 0.5) is 0 Å². The van der Waals surface area contributed by atoms with Crippen molar-refractivity contribution in [2.24, 2.45) is 0 Å². The maximum atomic E-state index is 13.0. The molecule has 1 aliphatic rings. The van der Waals surface area contributed by atoms with E-state index in [4.69, 9.17) is 0 Å². The zero-order chi connectivity index (χ0) is 21.2. The highest BCUT2D eigenvalue weighted by atomic mass is 32.2. The lowest BCUT2D eigenvalue weighted by atomic mass is 9.99. The largest absolute Gasteiger partial charge is 0.395 e. The molecule has 168 valence electrons. The third-order valence-electron chi connectivity index (χ3n) is 5.83. The van der Waals surface area contributed by atoms with Crippen molar-refractivity contribution in [3.05, 3.63) is 0 Å². The number of aliphatic hydroxyl groups is 2. The maximum Gasteiger partial charge on any atom is 0.0999 e. The van der Waals surface area contributed by atoms with Gasteiger partial charge in [-0.15, -0.1) is 0 Å². The number of hydrogen-bond donors (Lipinski definition) is 2. The average molecular weight is 419 g/mol. The second-order valence-corrected chi connectivity index (χ2v) is 11.5. The Kier molecular flexibility index (Phi) is 12.4. The van der Waals surface area contributed by atoms with Crippen molar-refractivity contribution in [2.75, 3.05) is 26.2 Å². The molecule has 0 aromatic heterocycles. The van der Waals surface area contributed by atoms with E-state index in [1.165, 1.54) is 0 Å². The van der Waals surface area contributed by atoms with Crippen LogP contribution < -0.4 is 0 Å². The molecule has 0 aromatic rings. The Morgan fingerprint density at radius 1 is 1.18 bits per heavy atom. The third kappa shape index (κ3) is 8.78. The first kappa shape index (κ1) is 26.0. The molecule has 4 unspecified atom stereocenters. The lowest BCUT2D eigenvalue weighted by molar-refractivity contribution is 0.0163.